The molecular weight excluding hydrogens is 352 g/mol. The van der Waals surface area contributed by atoms with Crippen molar-refractivity contribution in [2.75, 3.05) is 17.7 Å². The predicted molar refractivity (Wildman–Crippen MR) is 103 cm³/mol. The van der Waals surface area contributed by atoms with Crippen LogP contribution in [-0.2, 0) is 14.8 Å². The van der Waals surface area contributed by atoms with Gasteiger partial charge in [0.25, 0.3) is 0 Å². The number of nitrogens with one attached hydrogen (secondary N) is 1. The third-order valence-electron chi connectivity index (χ3n) is 4.05. The van der Waals surface area contributed by atoms with Gasteiger partial charge < -0.3 is 10.1 Å². The Kier molecular flexibility index (Phi) is 6.26. The van der Waals surface area contributed by atoms with Crippen LogP contribution in [0.2, 0.25) is 0 Å². The third-order valence-corrected chi connectivity index (χ3v) is 5.30. The summed E-state index contributed by atoms with van der Waals surface area (Å²) in [5.74, 6) is 0.135. The number of anilines is 1. The highest BCUT2D eigenvalue weighted by molar-refractivity contribution is 7.92. The summed E-state index contributed by atoms with van der Waals surface area (Å²) in [6, 6.07) is 15.0. The van der Waals surface area contributed by atoms with Gasteiger partial charge in [0.2, 0.25) is 15.9 Å². The lowest BCUT2D eigenvalue weighted by Gasteiger charge is -2.29. The van der Waals surface area contributed by atoms with Gasteiger partial charge in [0, 0.05) is 6.07 Å². The molecule has 2 aromatic carbocycles. The number of hydrogen-bond donors (Lipinski definition) is 1. The number of carbonyl (C=O) groups excluding carboxylic acids is 1. The minimum Gasteiger partial charge on any atom is -0.497 e. The second-order valence-corrected chi connectivity index (χ2v) is 7.94. The molecule has 7 heteroatoms. The quantitative estimate of drug-likeness (QED) is 0.806. The van der Waals surface area contributed by atoms with E-state index in [-0.39, 0.29) is 11.9 Å². The van der Waals surface area contributed by atoms with Gasteiger partial charge in [0.05, 0.1) is 25.1 Å². The summed E-state index contributed by atoms with van der Waals surface area (Å²) in [5, 5.41) is 2.87. The highest BCUT2D eigenvalue weighted by atomic mass is 32.2. The fourth-order valence-electron chi connectivity index (χ4n) is 2.72. The maximum Gasteiger partial charge on any atom is 0.244 e. The summed E-state index contributed by atoms with van der Waals surface area (Å²) in [4.78, 5) is 12.7. The van der Waals surface area contributed by atoms with Gasteiger partial charge in [0.15, 0.2) is 0 Å². The lowest BCUT2D eigenvalue weighted by molar-refractivity contribution is -0.122. The molecule has 0 aliphatic rings. The first-order valence-electron chi connectivity index (χ1n) is 8.23. The van der Waals surface area contributed by atoms with Crippen molar-refractivity contribution in [2.45, 2.75) is 25.9 Å². The van der Waals surface area contributed by atoms with Gasteiger partial charge in [-0.1, -0.05) is 36.4 Å². The van der Waals surface area contributed by atoms with Crippen LogP contribution in [0.15, 0.2) is 54.6 Å². The zero-order chi connectivity index (χ0) is 19.3. The molecule has 1 N–H and O–H groups in total. The van der Waals surface area contributed by atoms with Crippen LogP contribution in [0, 0.1) is 0 Å². The van der Waals surface area contributed by atoms with Gasteiger partial charge in [-0.2, -0.15) is 0 Å². The van der Waals surface area contributed by atoms with E-state index < -0.39 is 16.1 Å². The van der Waals surface area contributed by atoms with E-state index in [0.717, 1.165) is 16.1 Å². The normalized spacial score (nSPS) is 13.5. The fraction of sp³-hybridized carbons (Fsp3) is 0.316. The first kappa shape index (κ1) is 19.8. The smallest absolute Gasteiger partial charge is 0.244 e. The van der Waals surface area contributed by atoms with Gasteiger partial charge in [-0.05, 0) is 31.5 Å². The van der Waals surface area contributed by atoms with Crippen molar-refractivity contribution in [1.29, 1.82) is 0 Å². The first-order valence-corrected chi connectivity index (χ1v) is 10.1. The Morgan fingerprint density at radius 1 is 1.08 bits per heavy atom. The van der Waals surface area contributed by atoms with Crippen LogP contribution in [0.5, 0.6) is 5.75 Å². The molecule has 140 valence electrons. The summed E-state index contributed by atoms with van der Waals surface area (Å²) in [6.45, 7) is 3.42. The number of rotatable bonds is 7. The summed E-state index contributed by atoms with van der Waals surface area (Å²) in [5.41, 5.74) is 1.32. The average Bonchev–Trinajstić information content (AvgIpc) is 2.61. The Morgan fingerprint density at radius 3 is 2.31 bits per heavy atom. The van der Waals surface area contributed by atoms with E-state index in [4.69, 9.17) is 4.74 Å². The average molecular weight is 376 g/mol. The highest BCUT2D eigenvalue weighted by Gasteiger charge is 2.30. The minimum atomic E-state index is -3.67. The van der Waals surface area contributed by atoms with Gasteiger partial charge in [0.1, 0.15) is 11.8 Å². The maximum atomic E-state index is 12.7. The van der Waals surface area contributed by atoms with Gasteiger partial charge in [-0.15, -0.1) is 0 Å². The summed E-state index contributed by atoms with van der Waals surface area (Å²) in [7, 11) is -2.17. The number of ether oxygens (including phenoxy) is 1. The number of amides is 1. The van der Waals surface area contributed by atoms with Crippen LogP contribution in [0.3, 0.4) is 0 Å². The Hall–Kier alpha value is -2.54. The number of benzene rings is 2. The molecule has 0 fully saturated rings. The lowest BCUT2D eigenvalue weighted by Crippen LogP contribution is -2.48. The second-order valence-electron chi connectivity index (χ2n) is 6.08. The summed E-state index contributed by atoms with van der Waals surface area (Å²) in [6.07, 6.45) is 1.08. The van der Waals surface area contributed by atoms with Crippen molar-refractivity contribution in [3.63, 3.8) is 0 Å². The van der Waals surface area contributed by atoms with E-state index in [1.807, 2.05) is 37.3 Å². The number of nitrogens with zero attached hydrogens (tertiary/aromatic N) is 1. The summed E-state index contributed by atoms with van der Waals surface area (Å²) >= 11 is 0. The Morgan fingerprint density at radius 2 is 1.73 bits per heavy atom. The van der Waals surface area contributed by atoms with Crippen LogP contribution >= 0.6 is 0 Å². The number of methoxy groups -OCH3 is 1. The van der Waals surface area contributed by atoms with E-state index in [1.165, 1.54) is 7.11 Å². The van der Waals surface area contributed by atoms with E-state index in [2.05, 4.69) is 5.32 Å². The fourth-order valence-corrected chi connectivity index (χ4v) is 3.88. The molecule has 0 aliphatic carbocycles. The number of sulfonamides is 1. The molecule has 0 radical (unpaired) electrons. The van der Waals surface area contributed by atoms with Gasteiger partial charge >= 0.3 is 0 Å². The molecule has 0 aromatic heterocycles. The first-order chi connectivity index (χ1) is 12.2. The van der Waals surface area contributed by atoms with E-state index >= 15 is 0 Å². The van der Waals surface area contributed by atoms with Crippen LogP contribution in [0.25, 0.3) is 0 Å². The van der Waals surface area contributed by atoms with Crippen molar-refractivity contribution in [1.82, 2.24) is 5.32 Å². The number of hydrogen-bond acceptors (Lipinski definition) is 4. The molecule has 0 bridgehead atoms. The standard InChI is InChI=1S/C19H24N2O4S/c1-14(16-9-6-5-7-10-16)20-19(22)15(2)21(26(4,23)24)17-11-8-12-18(13-17)25-3/h5-15H,1-4H3,(H,20,22)/t14-,15?/m1/s1. The van der Waals surface area contributed by atoms with Crippen molar-refractivity contribution in [2.24, 2.45) is 0 Å². The van der Waals surface area contributed by atoms with E-state index in [0.29, 0.717) is 11.4 Å². The zero-order valence-electron chi connectivity index (χ0n) is 15.3. The molecule has 0 heterocycles. The minimum absolute atomic E-state index is 0.238. The number of carbonyl (C=O) groups is 1. The molecule has 1 amide bonds. The largest absolute Gasteiger partial charge is 0.497 e. The van der Waals surface area contributed by atoms with Crippen LogP contribution in [0.1, 0.15) is 25.5 Å². The summed E-state index contributed by atoms with van der Waals surface area (Å²) < 4.78 is 30.9. The van der Waals surface area contributed by atoms with Gasteiger partial charge in [-0.3, -0.25) is 9.10 Å². The molecule has 6 nitrogen and oxygen atoms in total. The second kappa shape index (κ2) is 8.23. The SMILES string of the molecule is COc1cccc(N(C(C)C(=O)N[C@H](C)c2ccccc2)S(C)(=O)=O)c1. The highest BCUT2D eigenvalue weighted by Crippen LogP contribution is 2.25. The van der Waals surface area contributed by atoms with Gasteiger partial charge in [-0.25, -0.2) is 8.42 Å². The predicted octanol–water partition coefficient (Wildman–Crippen LogP) is 2.73. The third kappa shape index (κ3) is 4.76. The topological polar surface area (TPSA) is 75.7 Å². The van der Waals surface area contributed by atoms with Crippen LogP contribution < -0.4 is 14.4 Å². The molecule has 2 atom stereocenters. The molecular formula is C19H24N2O4S. The lowest BCUT2D eigenvalue weighted by atomic mass is 10.1. The monoisotopic (exact) mass is 376 g/mol. The molecule has 0 saturated heterocycles. The molecule has 26 heavy (non-hydrogen) atoms. The Bertz CT molecular complexity index is 853. The maximum absolute atomic E-state index is 12.7. The van der Waals surface area contributed by atoms with Crippen molar-refractivity contribution < 1.29 is 17.9 Å². The molecule has 0 spiro atoms. The van der Waals surface area contributed by atoms with E-state index in [1.54, 1.807) is 31.2 Å². The molecule has 1 unspecified atom stereocenters. The van der Waals surface area contributed by atoms with Crippen LogP contribution in [0.4, 0.5) is 5.69 Å². The molecule has 0 saturated carbocycles. The van der Waals surface area contributed by atoms with Crippen molar-refractivity contribution >= 4 is 21.6 Å². The van der Waals surface area contributed by atoms with Crippen molar-refractivity contribution in [3.05, 3.63) is 60.2 Å². The molecule has 0 aliphatic heterocycles. The molecule has 2 rings (SSSR count). The Labute approximate surface area is 154 Å². The Balaban J connectivity index is 2.26. The van der Waals surface area contributed by atoms with E-state index in [9.17, 15) is 13.2 Å². The zero-order valence-corrected chi connectivity index (χ0v) is 16.2. The van der Waals surface area contributed by atoms with Crippen molar-refractivity contribution in [3.8, 4) is 5.75 Å². The van der Waals surface area contributed by atoms with Crippen LogP contribution in [-0.4, -0.2) is 33.7 Å². The molecule has 2 aromatic rings.